The lowest BCUT2D eigenvalue weighted by atomic mass is 10.2. The maximum Gasteiger partial charge on any atom is 0.416 e. The second kappa shape index (κ2) is 8.07. The lowest BCUT2D eigenvalue weighted by molar-refractivity contribution is -0.138. The van der Waals surface area contributed by atoms with E-state index in [9.17, 15) is 26.4 Å². The van der Waals surface area contributed by atoms with E-state index in [2.05, 4.69) is 15.9 Å². The molecule has 0 saturated carbocycles. The van der Waals surface area contributed by atoms with Crippen LogP contribution in [0.15, 0.2) is 51.8 Å². The minimum Gasteiger partial charge on any atom is -0.481 e. The number of halogens is 5. The molecular formula is C16H12BrClF3NO4S. The van der Waals surface area contributed by atoms with Crippen LogP contribution in [0.4, 0.5) is 18.9 Å². The summed E-state index contributed by atoms with van der Waals surface area (Å²) in [6.07, 6.45) is -5.35. The van der Waals surface area contributed by atoms with Gasteiger partial charge in [0.05, 0.1) is 27.6 Å². The summed E-state index contributed by atoms with van der Waals surface area (Å²) in [6, 6.07) is 7.59. The quantitative estimate of drug-likeness (QED) is 0.637. The standard InChI is InChI=1S/C16H12BrClF3NO4S/c17-11-2-4-12(5-3-11)27(25,26)22(8-7-15(23)24)14-9-10(16(19,20)21)1-6-13(14)18/h1-6,9H,7-8H2,(H,23,24). The fourth-order valence-corrected chi connectivity index (χ4v) is 4.19. The van der Waals surface area contributed by atoms with Gasteiger partial charge in [-0.25, -0.2) is 8.42 Å². The van der Waals surface area contributed by atoms with Crippen molar-refractivity contribution in [3.8, 4) is 0 Å². The highest BCUT2D eigenvalue weighted by atomic mass is 79.9. The molecular weight excluding hydrogens is 475 g/mol. The number of benzene rings is 2. The average Bonchev–Trinajstić information content (AvgIpc) is 2.55. The van der Waals surface area contributed by atoms with Gasteiger partial charge in [0.1, 0.15) is 0 Å². The predicted octanol–water partition coefficient (Wildman–Crippen LogP) is 4.79. The van der Waals surface area contributed by atoms with Gasteiger partial charge >= 0.3 is 12.1 Å². The van der Waals surface area contributed by atoms with Crippen molar-refractivity contribution < 1.29 is 31.5 Å². The molecule has 0 saturated heterocycles. The molecule has 2 aromatic carbocycles. The minimum atomic E-state index is -4.72. The van der Waals surface area contributed by atoms with Crippen LogP contribution in [0, 0.1) is 0 Å². The van der Waals surface area contributed by atoms with Crippen LogP contribution in [0.2, 0.25) is 5.02 Å². The molecule has 0 unspecified atom stereocenters. The van der Waals surface area contributed by atoms with Gasteiger partial charge in [-0.3, -0.25) is 9.10 Å². The smallest absolute Gasteiger partial charge is 0.416 e. The molecule has 146 valence electrons. The van der Waals surface area contributed by atoms with Crippen molar-refractivity contribution in [2.75, 3.05) is 10.8 Å². The number of anilines is 1. The number of nitrogens with zero attached hydrogens (tertiary/aromatic N) is 1. The van der Waals surface area contributed by atoms with E-state index in [0.717, 1.165) is 6.07 Å². The Balaban J connectivity index is 2.61. The van der Waals surface area contributed by atoms with E-state index in [1.165, 1.54) is 24.3 Å². The van der Waals surface area contributed by atoms with Gasteiger partial charge < -0.3 is 5.11 Å². The molecule has 5 nitrogen and oxygen atoms in total. The zero-order valence-corrected chi connectivity index (χ0v) is 16.5. The largest absolute Gasteiger partial charge is 0.481 e. The summed E-state index contributed by atoms with van der Waals surface area (Å²) in [4.78, 5) is 10.7. The number of carbonyl (C=O) groups is 1. The Hall–Kier alpha value is -1.78. The van der Waals surface area contributed by atoms with Crippen LogP contribution < -0.4 is 4.31 Å². The second-order valence-corrected chi connectivity index (χ2v) is 8.52. The SMILES string of the molecule is O=C(O)CCN(c1cc(C(F)(F)F)ccc1Cl)S(=O)(=O)c1ccc(Br)cc1. The Labute approximate surface area is 166 Å². The molecule has 0 aliphatic heterocycles. The highest BCUT2D eigenvalue weighted by molar-refractivity contribution is 9.10. The summed E-state index contributed by atoms with van der Waals surface area (Å²) in [7, 11) is -4.35. The third kappa shape index (κ3) is 5.14. The molecule has 0 aliphatic rings. The number of sulfonamides is 1. The van der Waals surface area contributed by atoms with Crippen LogP contribution in [-0.2, 0) is 21.0 Å². The molecule has 0 fully saturated rings. The molecule has 0 bridgehead atoms. The van der Waals surface area contributed by atoms with Crippen molar-refractivity contribution in [1.29, 1.82) is 0 Å². The van der Waals surface area contributed by atoms with Gasteiger partial charge in [-0.15, -0.1) is 0 Å². The summed E-state index contributed by atoms with van der Waals surface area (Å²) in [5, 5.41) is 8.64. The van der Waals surface area contributed by atoms with Gasteiger partial charge in [0, 0.05) is 11.0 Å². The van der Waals surface area contributed by atoms with Crippen LogP contribution in [-0.4, -0.2) is 26.0 Å². The van der Waals surface area contributed by atoms with Crippen molar-refractivity contribution in [3.05, 3.63) is 57.5 Å². The maximum atomic E-state index is 13.0. The zero-order valence-electron chi connectivity index (χ0n) is 13.4. The Bertz CT molecular complexity index is 949. The number of carboxylic acids is 1. The maximum absolute atomic E-state index is 13.0. The van der Waals surface area contributed by atoms with E-state index in [-0.39, 0.29) is 9.92 Å². The molecule has 0 radical (unpaired) electrons. The van der Waals surface area contributed by atoms with Crippen LogP contribution in [0.25, 0.3) is 0 Å². The third-order valence-corrected chi connectivity index (χ3v) is 6.15. The highest BCUT2D eigenvalue weighted by Gasteiger charge is 2.34. The van der Waals surface area contributed by atoms with Crippen molar-refractivity contribution >= 4 is 49.2 Å². The van der Waals surface area contributed by atoms with E-state index >= 15 is 0 Å². The van der Waals surface area contributed by atoms with Gasteiger partial charge in [0.2, 0.25) is 0 Å². The topological polar surface area (TPSA) is 74.7 Å². The molecule has 0 aliphatic carbocycles. The van der Waals surface area contributed by atoms with Crippen molar-refractivity contribution in [2.45, 2.75) is 17.5 Å². The molecule has 1 N–H and O–H groups in total. The van der Waals surface area contributed by atoms with E-state index in [4.69, 9.17) is 16.7 Å². The van der Waals surface area contributed by atoms with Crippen LogP contribution in [0.5, 0.6) is 0 Å². The monoisotopic (exact) mass is 485 g/mol. The summed E-state index contributed by atoms with van der Waals surface area (Å²) < 4.78 is 66.2. The van der Waals surface area contributed by atoms with Crippen molar-refractivity contribution in [1.82, 2.24) is 0 Å². The zero-order chi connectivity index (χ0) is 20.4. The number of hydrogen-bond acceptors (Lipinski definition) is 3. The fourth-order valence-electron chi connectivity index (χ4n) is 2.18. The van der Waals surface area contributed by atoms with Gasteiger partial charge in [-0.2, -0.15) is 13.2 Å². The first-order valence-electron chi connectivity index (χ1n) is 7.30. The fraction of sp³-hybridized carbons (Fsp3) is 0.188. The molecule has 11 heteroatoms. The number of alkyl halides is 3. The molecule has 27 heavy (non-hydrogen) atoms. The lowest BCUT2D eigenvalue weighted by Gasteiger charge is -2.25. The average molecular weight is 487 g/mol. The van der Waals surface area contributed by atoms with E-state index in [0.29, 0.717) is 20.9 Å². The van der Waals surface area contributed by atoms with E-state index in [1.807, 2.05) is 0 Å². The van der Waals surface area contributed by atoms with Gasteiger partial charge in [0.25, 0.3) is 10.0 Å². The van der Waals surface area contributed by atoms with Gasteiger partial charge in [-0.1, -0.05) is 27.5 Å². The van der Waals surface area contributed by atoms with Crippen LogP contribution in [0.1, 0.15) is 12.0 Å². The molecule has 2 aromatic rings. The lowest BCUT2D eigenvalue weighted by Crippen LogP contribution is -2.33. The first-order valence-corrected chi connectivity index (χ1v) is 9.91. The van der Waals surface area contributed by atoms with E-state index in [1.54, 1.807) is 0 Å². The Kier molecular flexibility index (Phi) is 6.43. The van der Waals surface area contributed by atoms with E-state index < -0.39 is 46.4 Å². The van der Waals surface area contributed by atoms with Gasteiger partial charge in [0.15, 0.2) is 0 Å². The summed E-state index contributed by atoms with van der Waals surface area (Å²) in [5.74, 6) is -1.31. The number of carboxylic acid groups (broad SMARTS) is 1. The van der Waals surface area contributed by atoms with Gasteiger partial charge in [-0.05, 0) is 42.5 Å². The molecule has 0 aromatic heterocycles. The summed E-state index contributed by atoms with van der Waals surface area (Å²) in [5.41, 5.74) is -1.55. The Morgan fingerprint density at radius 1 is 1.15 bits per heavy atom. The summed E-state index contributed by atoms with van der Waals surface area (Å²) in [6.45, 7) is -0.589. The Morgan fingerprint density at radius 2 is 1.74 bits per heavy atom. The predicted molar refractivity (Wildman–Crippen MR) is 97.4 cm³/mol. The Morgan fingerprint density at radius 3 is 2.26 bits per heavy atom. The number of rotatable bonds is 6. The first kappa shape index (κ1) is 21.5. The second-order valence-electron chi connectivity index (χ2n) is 5.34. The summed E-state index contributed by atoms with van der Waals surface area (Å²) >= 11 is 9.10. The normalized spacial score (nSPS) is 12.0. The molecule has 0 amide bonds. The highest BCUT2D eigenvalue weighted by Crippen LogP contribution is 2.37. The molecule has 0 heterocycles. The van der Waals surface area contributed by atoms with Crippen LogP contribution >= 0.6 is 27.5 Å². The molecule has 2 rings (SSSR count). The molecule has 0 atom stereocenters. The van der Waals surface area contributed by atoms with Crippen molar-refractivity contribution in [2.24, 2.45) is 0 Å². The third-order valence-electron chi connectivity index (χ3n) is 3.47. The number of hydrogen-bond donors (Lipinski definition) is 1. The molecule has 0 spiro atoms. The van der Waals surface area contributed by atoms with Crippen LogP contribution in [0.3, 0.4) is 0 Å². The number of aliphatic carboxylic acids is 1. The minimum absolute atomic E-state index is 0.218. The first-order chi connectivity index (χ1) is 12.4. The van der Waals surface area contributed by atoms with Crippen molar-refractivity contribution in [3.63, 3.8) is 0 Å².